The normalized spacial score (nSPS) is 11.6. The molecule has 5 heteroatoms. The van der Waals surface area contributed by atoms with Crippen LogP contribution in [0.2, 0.25) is 0 Å². The maximum atomic E-state index is 13.1. The number of benzene rings is 2. The highest BCUT2D eigenvalue weighted by Crippen LogP contribution is 2.17. The molecule has 0 radical (unpaired) electrons. The molecule has 0 aliphatic heterocycles. The standard InChI is InChI=1S/C18H20FNO3/c1-13(12-23-16-8-5-7-15(19)11-16)20-18(21)10-14-6-3-4-9-17(14)22-2/h3-9,11,13H,10,12H2,1-2H3,(H,20,21). The summed E-state index contributed by atoms with van der Waals surface area (Å²) >= 11 is 0. The summed E-state index contributed by atoms with van der Waals surface area (Å²) in [5, 5.41) is 2.85. The van der Waals surface area contributed by atoms with Crippen LogP contribution in [0.15, 0.2) is 48.5 Å². The Balaban J connectivity index is 1.82. The van der Waals surface area contributed by atoms with Crippen LogP contribution in [-0.2, 0) is 11.2 Å². The van der Waals surface area contributed by atoms with Gasteiger partial charge in [0.05, 0.1) is 19.6 Å². The second-order valence-electron chi connectivity index (χ2n) is 5.23. The van der Waals surface area contributed by atoms with Crippen molar-refractivity contribution >= 4 is 5.91 Å². The topological polar surface area (TPSA) is 47.6 Å². The first kappa shape index (κ1) is 16.8. The first-order valence-corrected chi connectivity index (χ1v) is 7.38. The molecule has 2 aromatic carbocycles. The van der Waals surface area contributed by atoms with Gasteiger partial charge in [-0.25, -0.2) is 4.39 Å². The van der Waals surface area contributed by atoms with Crippen molar-refractivity contribution in [2.75, 3.05) is 13.7 Å². The van der Waals surface area contributed by atoms with Crippen molar-refractivity contribution < 1.29 is 18.7 Å². The van der Waals surface area contributed by atoms with Gasteiger partial charge in [-0.05, 0) is 25.1 Å². The number of halogens is 1. The van der Waals surface area contributed by atoms with Crippen LogP contribution in [0.1, 0.15) is 12.5 Å². The summed E-state index contributed by atoms with van der Waals surface area (Å²) in [6.45, 7) is 2.10. The molecule has 0 heterocycles. The van der Waals surface area contributed by atoms with Crippen molar-refractivity contribution in [2.45, 2.75) is 19.4 Å². The molecule has 0 saturated heterocycles. The van der Waals surface area contributed by atoms with Crippen molar-refractivity contribution in [1.82, 2.24) is 5.32 Å². The first-order valence-electron chi connectivity index (χ1n) is 7.38. The van der Waals surface area contributed by atoms with E-state index < -0.39 is 0 Å². The third-order valence-electron chi connectivity index (χ3n) is 3.25. The molecule has 122 valence electrons. The molecule has 1 amide bonds. The fourth-order valence-corrected chi connectivity index (χ4v) is 2.17. The first-order chi connectivity index (χ1) is 11.1. The minimum atomic E-state index is -0.352. The van der Waals surface area contributed by atoms with Crippen molar-refractivity contribution in [3.05, 3.63) is 59.9 Å². The Morgan fingerprint density at radius 1 is 1.22 bits per heavy atom. The maximum absolute atomic E-state index is 13.1. The molecule has 2 aromatic rings. The van der Waals surface area contributed by atoms with Gasteiger partial charge >= 0.3 is 0 Å². The number of hydrogen-bond donors (Lipinski definition) is 1. The molecule has 0 aliphatic rings. The van der Waals surface area contributed by atoms with Crippen molar-refractivity contribution in [3.8, 4) is 11.5 Å². The molecule has 1 atom stereocenters. The van der Waals surface area contributed by atoms with Gasteiger partial charge in [0.25, 0.3) is 0 Å². The van der Waals surface area contributed by atoms with E-state index in [1.165, 1.54) is 12.1 Å². The molecule has 0 aromatic heterocycles. The monoisotopic (exact) mass is 317 g/mol. The van der Waals surface area contributed by atoms with E-state index in [1.807, 2.05) is 31.2 Å². The lowest BCUT2D eigenvalue weighted by Crippen LogP contribution is -2.37. The zero-order valence-electron chi connectivity index (χ0n) is 13.2. The highest BCUT2D eigenvalue weighted by Gasteiger charge is 2.11. The van der Waals surface area contributed by atoms with Crippen LogP contribution in [0.5, 0.6) is 11.5 Å². The lowest BCUT2D eigenvalue weighted by atomic mass is 10.1. The molecule has 0 saturated carbocycles. The Morgan fingerprint density at radius 2 is 2.00 bits per heavy atom. The number of carbonyl (C=O) groups is 1. The predicted molar refractivity (Wildman–Crippen MR) is 86.2 cm³/mol. The lowest BCUT2D eigenvalue weighted by Gasteiger charge is -2.15. The summed E-state index contributed by atoms with van der Waals surface area (Å²) in [5.41, 5.74) is 0.825. The number of ether oxygens (including phenoxy) is 2. The quantitative estimate of drug-likeness (QED) is 0.854. The molecule has 23 heavy (non-hydrogen) atoms. The maximum Gasteiger partial charge on any atom is 0.224 e. The minimum absolute atomic E-state index is 0.121. The number of methoxy groups -OCH3 is 1. The second kappa shape index (κ2) is 8.17. The van der Waals surface area contributed by atoms with Crippen LogP contribution in [0, 0.1) is 5.82 Å². The van der Waals surface area contributed by atoms with Gasteiger partial charge in [0.15, 0.2) is 0 Å². The summed E-state index contributed by atoms with van der Waals surface area (Å²) < 4.78 is 23.7. The average Bonchev–Trinajstić information content (AvgIpc) is 2.53. The SMILES string of the molecule is COc1ccccc1CC(=O)NC(C)COc1cccc(F)c1. The Labute approximate surface area is 135 Å². The zero-order valence-corrected chi connectivity index (χ0v) is 13.2. The van der Waals surface area contributed by atoms with Gasteiger partial charge in [-0.1, -0.05) is 24.3 Å². The molecule has 0 bridgehead atoms. The number of rotatable bonds is 7. The second-order valence-corrected chi connectivity index (χ2v) is 5.23. The van der Waals surface area contributed by atoms with Crippen LogP contribution < -0.4 is 14.8 Å². The van der Waals surface area contributed by atoms with E-state index >= 15 is 0 Å². The highest BCUT2D eigenvalue weighted by molar-refractivity contribution is 5.79. The van der Waals surface area contributed by atoms with Gasteiger partial charge in [0, 0.05) is 11.6 Å². The van der Waals surface area contributed by atoms with E-state index in [2.05, 4.69) is 5.32 Å². The third-order valence-corrected chi connectivity index (χ3v) is 3.25. The Kier molecular flexibility index (Phi) is 5.97. The van der Waals surface area contributed by atoms with Crippen LogP contribution in [0.4, 0.5) is 4.39 Å². The Morgan fingerprint density at radius 3 is 2.74 bits per heavy atom. The average molecular weight is 317 g/mol. The van der Waals surface area contributed by atoms with E-state index in [0.717, 1.165) is 5.56 Å². The van der Waals surface area contributed by atoms with E-state index in [0.29, 0.717) is 11.5 Å². The molecular formula is C18H20FNO3. The molecule has 0 fully saturated rings. The predicted octanol–water partition coefficient (Wildman–Crippen LogP) is 2.96. The molecule has 1 N–H and O–H groups in total. The van der Waals surface area contributed by atoms with Gasteiger partial charge in [-0.2, -0.15) is 0 Å². The molecule has 1 unspecified atom stereocenters. The fourth-order valence-electron chi connectivity index (χ4n) is 2.17. The summed E-state index contributed by atoms with van der Waals surface area (Å²) in [6.07, 6.45) is 0.230. The summed E-state index contributed by atoms with van der Waals surface area (Å²) in [7, 11) is 1.58. The van der Waals surface area contributed by atoms with Crippen LogP contribution in [-0.4, -0.2) is 25.7 Å². The number of hydrogen-bond acceptors (Lipinski definition) is 3. The number of carbonyl (C=O) groups excluding carboxylic acids is 1. The third kappa shape index (κ3) is 5.29. The van der Waals surface area contributed by atoms with Gasteiger partial charge in [-0.3, -0.25) is 4.79 Å². The van der Waals surface area contributed by atoms with Crippen molar-refractivity contribution in [1.29, 1.82) is 0 Å². The van der Waals surface area contributed by atoms with E-state index in [1.54, 1.807) is 19.2 Å². The zero-order chi connectivity index (χ0) is 16.7. The minimum Gasteiger partial charge on any atom is -0.496 e. The smallest absolute Gasteiger partial charge is 0.224 e. The van der Waals surface area contributed by atoms with Gasteiger partial charge < -0.3 is 14.8 Å². The van der Waals surface area contributed by atoms with E-state index in [4.69, 9.17) is 9.47 Å². The van der Waals surface area contributed by atoms with E-state index in [-0.39, 0.29) is 30.8 Å². The van der Waals surface area contributed by atoms with Gasteiger partial charge in [-0.15, -0.1) is 0 Å². The van der Waals surface area contributed by atoms with Crippen molar-refractivity contribution in [3.63, 3.8) is 0 Å². The Bertz CT molecular complexity index is 660. The number of para-hydroxylation sites is 1. The van der Waals surface area contributed by atoms with Gasteiger partial charge in [0.1, 0.15) is 23.9 Å². The van der Waals surface area contributed by atoms with E-state index in [9.17, 15) is 9.18 Å². The largest absolute Gasteiger partial charge is 0.496 e. The number of nitrogens with one attached hydrogen (secondary N) is 1. The molecular weight excluding hydrogens is 297 g/mol. The van der Waals surface area contributed by atoms with Crippen LogP contribution >= 0.6 is 0 Å². The van der Waals surface area contributed by atoms with Crippen LogP contribution in [0.3, 0.4) is 0 Å². The Hall–Kier alpha value is -2.56. The van der Waals surface area contributed by atoms with Crippen molar-refractivity contribution in [2.24, 2.45) is 0 Å². The van der Waals surface area contributed by atoms with Crippen LogP contribution in [0.25, 0.3) is 0 Å². The summed E-state index contributed by atoms with van der Waals surface area (Å²) in [4.78, 5) is 12.1. The fraction of sp³-hybridized carbons (Fsp3) is 0.278. The molecule has 2 rings (SSSR count). The lowest BCUT2D eigenvalue weighted by molar-refractivity contribution is -0.121. The molecule has 0 spiro atoms. The number of amides is 1. The molecule has 0 aliphatic carbocycles. The summed E-state index contributed by atoms with van der Waals surface area (Å²) in [5.74, 6) is 0.655. The summed E-state index contributed by atoms with van der Waals surface area (Å²) in [6, 6.07) is 13.1. The van der Waals surface area contributed by atoms with Gasteiger partial charge in [0.2, 0.25) is 5.91 Å². The highest BCUT2D eigenvalue weighted by atomic mass is 19.1. The molecule has 4 nitrogen and oxygen atoms in total.